The summed E-state index contributed by atoms with van der Waals surface area (Å²) in [5.74, 6) is 0.145. The number of halogens is 1. The second-order valence-electron chi connectivity index (χ2n) is 7.40. The summed E-state index contributed by atoms with van der Waals surface area (Å²) in [6.07, 6.45) is 3.60. The van der Waals surface area contributed by atoms with Crippen LogP contribution >= 0.6 is 11.3 Å². The highest BCUT2D eigenvalue weighted by Gasteiger charge is 2.17. The Morgan fingerprint density at radius 3 is 2.79 bits per heavy atom. The molecule has 0 radical (unpaired) electrons. The van der Waals surface area contributed by atoms with Crippen LogP contribution in [0.3, 0.4) is 0 Å². The van der Waals surface area contributed by atoms with Gasteiger partial charge in [0.2, 0.25) is 0 Å². The number of aromatic nitrogens is 4. The number of anilines is 1. The number of amides is 1. The highest BCUT2D eigenvalue weighted by Crippen LogP contribution is 2.31. The zero-order chi connectivity index (χ0) is 22.8. The summed E-state index contributed by atoms with van der Waals surface area (Å²) in [6, 6.07) is 17.1. The lowest BCUT2D eigenvalue weighted by atomic mass is 10.2. The Kier molecular flexibility index (Phi) is 5.62. The van der Waals surface area contributed by atoms with E-state index >= 15 is 0 Å². The van der Waals surface area contributed by atoms with Crippen LogP contribution in [0.25, 0.3) is 15.9 Å². The molecular formula is C24H20FN5O2S. The number of hydrogen-bond acceptors (Lipinski definition) is 5. The summed E-state index contributed by atoms with van der Waals surface area (Å²) in [4.78, 5) is 14.3. The Bertz CT molecular complexity index is 1410. The number of carbonyl (C=O) groups is 1. The Labute approximate surface area is 193 Å². The van der Waals surface area contributed by atoms with Crippen LogP contribution in [0.1, 0.15) is 15.4 Å². The second-order valence-corrected chi connectivity index (χ2v) is 8.43. The number of nitrogens with one attached hydrogen (secondary N) is 1. The van der Waals surface area contributed by atoms with Crippen LogP contribution < -0.4 is 10.1 Å². The molecule has 7 nitrogen and oxygen atoms in total. The van der Waals surface area contributed by atoms with E-state index in [1.54, 1.807) is 33.8 Å². The van der Waals surface area contributed by atoms with Gasteiger partial charge < -0.3 is 10.1 Å². The van der Waals surface area contributed by atoms with Crippen LogP contribution in [-0.4, -0.2) is 32.1 Å². The summed E-state index contributed by atoms with van der Waals surface area (Å²) < 4.78 is 22.6. The molecule has 5 rings (SSSR count). The first-order chi connectivity index (χ1) is 16.1. The third kappa shape index (κ3) is 4.49. The maximum Gasteiger partial charge on any atom is 0.265 e. The minimum absolute atomic E-state index is 0.213. The average Bonchev–Trinajstić information content (AvgIpc) is 3.54. The Morgan fingerprint density at radius 1 is 1.15 bits per heavy atom. The summed E-state index contributed by atoms with van der Waals surface area (Å²) in [6.45, 7) is 2.99. The van der Waals surface area contributed by atoms with Gasteiger partial charge >= 0.3 is 0 Å². The fourth-order valence-corrected chi connectivity index (χ4v) is 4.54. The molecule has 0 atom stereocenters. The minimum atomic E-state index is -0.308. The lowest BCUT2D eigenvalue weighted by molar-refractivity contribution is 0.103. The molecule has 9 heteroatoms. The van der Waals surface area contributed by atoms with Crippen molar-refractivity contribution in [2.45, 2.75) is 13.5 Å². The predicted octanol–water partition coefficient (Wildman–Crippen LogP) is 5.06. The molecule has 5 aromatic rings. The quantitative estimate of drug-likeness (QED) is 0.368. The molecule has 0 fully saturated rings. The maximum atomic E-state index is 13.3. The van der Waals surface area contributed by atoms with E-state index in [4.69, 9.17) is 4.74 Å². The van der Waals surface area contributed by atoms with E-state index < -0.39 is 0 Å². The van der Waals surface area contributed by atoms with Gasteiger partial charge in [0, 0.05) is 29.5 Å². The smallest absolute Gasteiger partial charge is 0.265 e. The number of fused-ring (bicyclic) bond motifs is 1. The van der Waals surface area contributed by atoms with Crippen molar-refractivity contribution in [2.75, 3.05) is 11.9 Å². The van der Waals surface area contributed by atoms with Crippen molar-refractivity contribution in [3.05, 3.63) is 89.4 Å². The van der Waals surface area contributed by atoms with Crippen LogP contribution in [0, 0.1) is 12.7 Å². The van der Waals surface area contributed by atoms with Gasteiger partial charge in [-0.05, 0) is 55.5 Å². The predicted molar refractivity (Wildman–Crippen MR) is 126 cm³/mol. The first kappa shape index (κ1) is 20.9. The zero-order valence-electron chi connectivity index (χ0n) is 17.7. The first-order valence-corrected chi connectivity index (χ1v) is 11.2. The maximum absolute atomic E-state index is 13.3. The Hall–Kier alpha value is -3.98. The molecule has 0 spiro atoms. The van der Waals surface area contributed by atoms with Crippen molar-refractivity contribution >= 4 is 33.1 Å². The Morgan fingerprint density at radius 2 is 2.00 bits per heavy atom. The van der Waals surface area contributed by atoms with Gasteiger partial charge in [-0.1, -0.05) is 6.07 Å². The fraction of sp³-hybridized carbons (Fsp3) is 0.125. The SMILES string of the molecule is Cc1nn(-c2ccc(F)cc2)c2sc(C(=O)Nc3cccc(OCCn4cccn4)c3)cc12. The molecule has 3 heterocycles. The van der Waals surface area contributed by atoms with E-state index in [1.165, 1.54) is 23.5 Å². The molecule has 1 amide bonds. The van der Waals surface area contributed by atoms with E-state index in [0.29, 0.717) is 29.5 Å². The molecule has 166 valence electrons. The van der Waals surface area contributed by atoms with Crippen molar-refractivity contribution in [2.24, 2.45) is 0 Å². The number of rotatable bonds is 7. The summed E-state index contributed by atoms with van der Waals surface area (Å²) in [7, 11) is 0. The van der Waals surface area contributed by atoms with Crippen molar-refractivity contribution in [1.29, 1.82) is 0 Å². The monoisotopic (exact) mass is 461 g/mol. The zero-order valence-corrected chi connectivity index (χ0v) is 18.6. The first-order valence-electron chi connectivity index (χ1n) is 10.3. The number of carbonyl (C=O) groups excluding carboxylic acids is 1. The number of nitrogens with zero attached hydrogens (tertiary/aromatic N) is 4. The molecule has 1 N–H and O–H groups in total. The molecule has 33 heavy (non-hydrogen) atoms. The summed E-state index contributed by atoms with van der Waals surface area (Å²) in [5.41, 5.74) is 2.19. The number of hydrogen-bond donors (Lipinski definition) is 1. The Balaban J connectivity index is 1.31. The minimum Gasteiger partial charge on any atom is -0.492 e. The molecule has 2 aromatic carbocycles. The van der Waals surface area contributed by atoms with Crippen molar-refractivity contribution in [3.8, 4) is 11.4 Å². The van der Waals surface area contributed by atoms with E-state index in [0.717, 1.165) is 21.6 Å². The molecule has 0 unspecified atom stereocenters. The normalized spacial score (nSPS) is 11.1. The lowest BCUT2D eigenvalue weighted by Gasteiger charge is -2.09. The van der Waals surface area contributed by atoms with Gasteiger partial charge in [-0.2, -0.15) is 10.2 Å². The highest BCUT2D eigenvalue weighted by molar-refractivity contribution is 7.20. The topological polar surface area (TPSA) is 74.0 Å². The molecule has 0 bridgehead atoms. The van der Waals surface area contributed by atoms with Gasteiger partial charge in [0.15, 0.2) is 0 Å². The molecular weight excluding hydrogens is 441 g/mol. The van der Waals surface area contributed by atoms with Crippen molar-refractivity contribution in [3.63, 3.8) is 0 Å². The summed E-state index contributed by atoms with van der Waals surface area (Å²) >= 11 is 1.34. The van der Waals surface area contributed by atoms with Crippen LogP contribution in [-0.2, 0) is 6.54 Å². The number of aryl methyl sites for hydroxylation is 1. The van der Waals surface area contributed by atoms with Gasteiger partial charge in [0.1, 0.15) is 23.0 Å². The molecule has 0 aliphatic heterocycles. The highest BCUT2D eigenvalue weighted by atomic mass is 32.1. The third-order valence-electron chi connectivity index (χ3n) is 5.08. The average molecular weight is 462 g/mol. The van der Waals surface area contributed by atoms with Crippen molar-refractivity contribution in [1.82, 2.24) is 19.6 Å². The van der Waals surface area contributed by atoms with Gasteiger partial charge in [0.05, 0.1) is 22.8 Å². The fourth-order valence-electron chi connectivity index (χ4n) is 3.46. The van der Waals surface area contributed by atoms with Crippen LogP contribution in [0.15, 0.2) is 73.1 Å². The molecule has 0 aliphatic rings. The summed E-state index contributed by atoms with van der Waals surface area (Å²) in [5, 5.41) is 12.5. The van der Waals surface area contributed by atoms with Gasteiger partial charge in [0.25, 0.3) is 5.91 Å². The van der Waals surface area contributed by atoms with Gasteiger partial charge in [-0.15, -0.1) is 11.3 Å². The second kappa shape index (κ2) is 8.87. The number of ether oxygens (including phenoxy) is 1. The number of thiophene rings is 1. The standard InChI is InChI=1S/C24H20FN5O2S/c1-16-21-15-22(33-24(21)30(28-16)19-8-6-17(25)7-9-19)23(31)27-18-4-2-5-20(14-18)32-13-12-29-11-3-10-26-29/h2-11,14-15H,12-13H2,1H3,(H,27,31). The van der Waals surface area contributed by atoms with Crippen molar-refractivity contribution < 1.29 is 13.9 Å². The molecule has 0 saturated carbocycles. The largest absolute Gasteiger partial charge is 0.492 e. The van der Waals surface area contributed by atoms with Crippen LogP contribution in [0.4, 0.5) is 10.1 Å². The molecule has 0 aliphatic carbocycles. The molecule has 0 saturated heterocycles. The van der Waals surface area contributed by atoms with E-state index in [1.807, 2.05) is 43.5 Å². The third-order valence-corrected chi connectivity index (χ3v) is 6.19. The van der Waals surface area contributed by atoms with Crippen LogP contribution in [0.5, 0.6) is 5.75 Å². The number of benzene rings is 2. The van der Waals surface area contributed by atoms with E-state index in [-0.39, 0.29) is 11.7 Å². The van der Waals surface area contributed by atoms with E-state index in [9.17, 15) is 9.18 Å². The molecule has 3 aromatic heterocycles. The van der Waals surface area contributed by atoms with Gasteiger partial charge in [-0.25, -0.2) is 9.07 Å². The van der Waals surface area contributed by atoms with E-state index in [2.05, 4.69) is 15.5 Å². The van der Waals surface area contributed by atoms with Crippen LogP contribution in [0.2, 0.25) is 0 Å². The lowest BCUT2D eigenvalue weighted by Crippen LogP contribution is -2.11. The van der Waals surface area contributed by atoms with Gasteiger partial charge in [-0.3, -0.25) is 9.48 Å².